The number of amides is 2. The summed E-state index contributed by atoms with van der Waals surface area (Å²) in [7, 11) is 0. The van der Waals surface area contributed by atoms with Gasteiger partial charge in [0.15, 0.2) is 0 Å². The molecule has 2 aromatic carbocycles. The summed E-state index contributed by atoms with van der Waals surface area (Å²) in [5, 5.41) is 5.72. The minimum Gasteiger partial charge on any atom is -0.326 e. The van der Waals surface area contributed by atoms with Crippen molar-refractivity contribution < 1.29 is 14.0 Å². The molecule has 2 N–H and O–H groups in total. The third kappa shape index (κ3) is 3.55. The Kier molecular flexibility index (Phi) is 4.57. The van der Waals surface area contributed by atoms with Gasteiger partial charge in [0.05, 0.1) is 0 Å². The number of hydrogen-bond acceptors (Lipinski definition) is 2. The fourth-order valence-corrected chi connectivity index (χ4v) is 3.18. The first-order chi connectivity index (χ1) is 11.9. The molecule has 1 aliphatic rings. The zero-order valence-electron chi connectivity index (χ0n) is 14.5. The highest BCUT2D eigenvalue weighted by molar-refractivity contribution is 5.98. The van der Waals surface area contributed by atoms with Crippen LogP contribution in [0.2, 0.25) is 0 Å². The van der Waals surface area contributed by atoms with Gasteiger partial charge in [-0.05, 0) is 55.0 Å². The quantitative estimate of drug-likeness (QED) is 0.879. The zero-order valence-corrected chi connectivity index (χ0v) is 14.5. The highest BCUT2D eigenvalue weighted by Crippen LogP contribution is 2.48. The van der Waals surface area contributed by atoms with Crippen LogP contribution in [0.25, 0.3) is 0 Å². The van der Waals surface area contributed by atoms with Crippen LogP contribution in [0.15, 0.2) is 36.4 Å². The maximum atomic E-state index is 13.9. The molecule has 0 radical (unpaired) electrons. The van der Waals surface area contributed by atoms with Gasteiger partial charge >= 0.3 is 0 Å². The predicted molar refractivity (Wildman–Crippen MR) is 96.1 cm³/mol. The fourth-order valence-electron chi connectivity index (χ4n) is 3.18. The highest BCUT2D eigenvalue weighted by atomic mass is 19.1. The number of halogens is 1. The lowest BCUT2D eigenvalue weighted by Crippen LogP contribution is -2.17. The molecule has 2 atom stereocenters. The molecule has 130 valence electrons. The minimum atomic E-state index is -0.262. The van der Waals surface area contributed by atoms with Crippen molar-refractivity contribution in [3.05, 3.63) is 58.9 Å². The topological polar surface area (TPSA) is 58.2 Å². The second-order valence-corrected chi connectivity index (χ2v) is 6.57. The second-order valence-electron chi connectivity index (χ2n) is 6.57. The van der Waals surface area contributed by atoms with E-state index in [1.807, 2.05) is 26.0 Å². The molecule has 25 heavy (non-hydrogen) atoms. The van der Waals surface area contributed by atoms with Gasteiger partial charge in [-0.15, -0.1) is 0 Å². The van der Waals surface area contributed by atoms with Gasteiger partial charge in [0.25, 0.3) is 0 Å². The van der Waals surface area contributed by atoms with Crippen molar-refractivity contribution in [2.75, 3.05) is 10.6 Å². The van der Waals surface area contributed by atoms with E-state index in [0.29, 0.717) is 23.4 Å². The van der Waals surface area contributed by atoms with Gasteiger partial charge < -0.3 is 10.6 Å². The Morgan fingerprint density at radius 2 is 1.80 bits per heavy atom. The first-order valence-electron chi connectivity index (χ1n) is 8.31. The number of carbonyl (C=O) groups excluding carboxylic acids is 2. The molecule has 0 aliphatic heterocycles. The summed E-state index contributed by atoms with van der Waals surface area (Å²) >= 11 is 0. The largest absolute Gasteiger partial charge is 0.326 e. The third-order valence-electron chi connectivity index (χ3n) is 4.66. The monoisotopic (exact) mass is 340 g/mol. The van der Waals surface area contributed by atoms with Crippen molar-refractivity contribution in [3.8, 4) is 0 Å². The number of anilines is 2. The lowest BCUT2D eigenvalue weighted by Gasteiger charge is -2.15. The number of hydrogen-bond donors (Lipinski definition) is 2. The number of aryl methyl sites for hydroxylation is 1. The number of benzene rings is 2. The number of rotatable bonds is 4. The smallest absolute Gasteiger partial charge is 0.228 e. The Morgan fingerprint density at radius 1 is 1.08 bits per heavy atom. The van der Waals surface area contributed by atoms with E-state index in [1.54, 1.807) is 18.2 Å². The van der Waals surface area contributed by atoms with Crippen molar-refractivity contribution in [1.29, 1.82) is 0 Å². The van der Waals surface area contributed by atoms with Crippen molar-refractivity contribution in [1.82, 2.24) is 0 Å². The number of carbonyl (C=O) groups is 2. The van der Waals surface area contributed by atoms with E-state index in [1.165, 1.54) is 13.0 Å². The maximum absolute atomic E-state index is 13.9. The van der Waals surface area contributed by atoms with Gasteiger partial charge in [0, 0.05) is 24.2 Å². The van der Waals surface area contributed by atoms with E-state index < -0.39 is 0 Å². The van der Waals surface area contributed by atoms with Crippen LogP contribution in [0.1, 0.15) is 36.0 Å². The van der Waals surface area contributed by atoms with E-state index in [0.717, 1.165) is 11.1 Å². The van der Waals surface area contributed by atoms with E-state index in [4.69, 9.17) is 0 Å². The first-order valence-corrected chi connectivity index (χ1v) is 8.31. The van der Waals surface area contributed by atoms with Gasteiger partial charge in [0.2, 0.25) is 11.8 Å². The van der Waals surface area contributed by atoms with Crippen LogP contribution in [0.5, 0.6) is 0 Å². The van der Waals surface area contributed by atoms with Crippen LogP contribution < -0.4 is 10.6 Å². The Morgan fingerprint density at radius 3 is 2.48 bits per heavy atom. The van der Waals surface area contributed by atoms with Gasteiger partial charge in [-0.25, -0.2) is 4.39 Å². The average molecular weight is 340 g/mol. The summed E-state index contributed by atoms with van der Waals surface area (Å²) in [5.74, 6) is -0.823. The molecule has 0 saturated heterocycles. The Bertz CT molecular complexity index is 848. The highest BCUT2D eigenvalue weighted by Gasteiger charge is 2.45. The van der Waals surface area contributed by atoms with Crippen LogP contribution in [0.3, 0.4) is 0 Å². The first kappa shape index (κ1) is 17.1. The van der Waals surface area contributed by atoms with Gasteiger partial charge in [-0.2, -0.15) is 0 Å². The zero-order chi connectivity index (χ0) is 18.1. The SMILES string of the molecule is CC(=O)Nc1c(C)ccc(NC(=O)C2CC2c2ccccc2F)c1C. The molecule has 5 heteroatoms. The molecule has 2 amide bonds. The summed E-state index contributed by atoms with van der Waals surface area (Å²) in [6.45, 7) is 5.21. The normalized spacial score (nSPS) is 18.6. The van der Waals surface area contributed by atoms with E-state index in [2.05, 4.69) is 10.6 Å². The summed E-state index contributed by atoms with van der Waals surface area (Å²) in [5.41, 5.74) is 3.72. The molecule has 0 heterocycles. The lowest BCUT2D eigenvalue weighted by molar-refractivity contribution is -0.117. The van der Waals surface area contributed by atoms with Crippen molar-refractivity contribution in [2.24, 2.45) is 5.92 Å². The summed E-state index contributed by atoms with van der Waals surface area (Å²) < 4.78 is 13.9. The average Bonchev–Trinajstić information content (AvgIpc) is 3.35. The summed E-state index contributed by atoms with van der Waals surface area (Å²) in [4.78, 5) is 23.9. The van der Waals surface area contributed by atoms with Crippen molar-refractivity contribution in [3.63, 3.8) is 0 Å². The van der Waals surface area contributed by atoms with Crippen LogP contribution in [-0.2, 0) is 9.59 Å². The Balaban J connectivity index is 1.74. The third-order valence-corrected chi connectivity index (χ3v) is 4.66. The molecule has 4 nitrogen and oxygen atoms in total. The minimum absolute atomic E-state index is 0.0678. The van der Waals surface area contributed by atoms with Gasteiger partial charge in [-0.1, -0.05) is 24.3 Å². The summed E-state index contributed by atoms with van der Waals surface area (Å²) in [6, 6.07) is 10.3. The standard InChI is InChI=1S/C20H21FN2O2/c1-11-8-9-18(12(2)19(11)22-13(3)24)23-20(25)16-10-15(16)14-6-4-5-7-17(14)21/h4-9,15-16H,10H2,1-3H3,(H,22,24)(H,23,25). The molecule has 0 spiro atoms. The van der Waals surface area contributed by atoms with Crippen LogP contribution in [0.4, 0.5) is 15.8 Å². The molecule has 2 aromatic rings. The Labute approximate surface area is 146 Å². The predicted octanol–water partition coefficient (Wildman–Crippen LogP) is 4.14. The van der Waals surface area contributed by atoms with Crippen LogP contribution in [0, 0.1) is 25.6 Å². The van der Waals surface area contributed by atoms with Crippen molar-refractivity contribution >= 4 is 23.2 Å². The molecular formula is C20H21FN2O2. The molecule has 1 fully saturated rings. The van der Waals surface area contributed by atoms with Crippen LogP contribution >= 0.6 is 0 Å². The van der Waals surface area contributed by atoms with Gasteiger partial charge in [0.1, 0.15) is 5.82 Å². The molecule has 1 saturated carbocycles. The van der Waals surface area contributed by atoms with Gasteiger partial charge in [-0.3, -0.25) is 9.59 Å². The summed E-state index contributed by atoms with van der Waals surface area (Å²) in [6.07, 6.45) is 0.649. The van der Waals surface area contributed by atoms with Crippen LogP contribution in [-0.4, -0.2) is 11.8 Å². The fraction of sp³-hybridized carbons (Fsp3) is 0.300. The molecule has 2 unspecified atom stereocenters. The second kappa shape index (κ2) is 6.67. The maximum Gasteiger partial charge on any atom is 0.228 e. The van der Waals surface area contributed by atoms with E-state index >= 15 is 0 Å². The molecule has 0 aromatic heterocycles. The molecule has 1 aliphatic carbocycles. The number of nitrogens with one attached hydrogen (secondary N) is 2. The van der Waals surface area contributed by atoms with Crippen molar-refractivity contribution in [2.45, 2.75) is 33.1 Å². The molecular weight excluding hydrogens is 319 g/mol. The Hall–Kier alpha value is -2.69. The molecule has 3 rings (SSSR count). The van der Waals surface area contributed by atoms with E-state index in [-0.39, 0.29) is 29.5 Å². The molecule has 0 bridgehead atoms. The lowest BCUT2D eigenvalue weighted by atomic mass is 10.1. The van der Waals surface area contributed by atoms with E-state index in [9.17, 15) is 14.0 Å².